The summed E-state index contributed by atoms with van der Waals surface area (Å²) in [6.45, 7) is 5.77. The molecular weight excluding hydrogens is 402 g/mol. The van der Waals surface area contributed by atoms with E-state index in [0.29, 0.717) is 10.5 Å². The number of nitrogens with two attached hydrogens (primary N) is 2. The zero-order valence-electron chi connectivity index (χ0n) is 18.2. The second-order valence-corrected chi connectivity index (χ2v) is 7.78. The third-order valence-electron chi connectivity index (χ3n) is 4.39. The van der Waals surface area contributed by atoms with E-state index in [1.54, 1.807) is 30.3 Å². The first-order valence-corrected chi connectivity index (χ1v) is 9.86. The second kappa shape index (κ2) is 11.3. The summed E-state index contributed by atoms with van der Waals surface area (Å²) in [7, 11) is 0. The number of hydrogen-bond acceptors (Lipinski definition) is 7. The molecule has 0 heterocycles. The van der Waals surface area contributed by atoms with Gasteiger partial charge in [-0.05, 0) is 38.3 Å². The minimum atomic E-state index is -2.12. The number of amides is 4. The van der Waals surface area contributed by atoms with Gasteiger partial charge in [0.25, 0.3) is 17.7 Å². The van der Waals surface area contributed by atoms with Crippen LogP contribution < -0.4 is 22.1 Å². The van der Waals surface area contributed by atoms with Crippen molar-refractivity contribution in [1.82, 2.24) is 15.5 Å². The van der Waals surface area contributed by atoms with Crippen LogP contribution >= 0.6 is 0 Å². The molecule has 6 N–H and O–H groups in total. The molecule has 0 aromatic heterocycles. The van der Waals surface area contributed by atoms with Gasteiger partial charge in [-0.3, -0.25) is 28.9 Å². The van der Waals surface area contributed by atoms with E-state index in [1.807, 2.05) is 13.8 Å². The molecule has 0 aliphatic rings. The van der Waals surface area contributed by atoms with Gasteiger partial charge in [-0.2, -0.15) is 0 Å². The molecule has 31 heavy (non-hydrogen) atoms. The molecule has 0 saturated carbocycles. The number of benzene rings is 1. The molecular formula is C21H30N5O5. The van der Waals surface area contributed by atoms with Crippen LogP contribution in [-0.2, 0) is 19.2 Å². The number of imide groups is 1. The fourth-order valence-corrected chi connectivity index (χ4v) is 2.84. The molecule has 0 bridgehead atoms. The molecule has 0 fully saturated rings. The van der Waals surface area contributed by atoms with Gasteiger partial charge in [0.2, 0.25) is 12.2 Å². The van der Waals surface area contributed by atoms with Gasteiger partial charge in [0, 0.05) is 5.56 Å². The number of hydrogen-bond donors (Lipinski definition) is 4. The quantitative estimate of drug-likeness (QED) is 0.360. The molecule has 10 heteroatoms. The van der Waals surface area contributed by atoms with Crippen molar-refractivity contribution in [2.24, 2.45) is 17.4 Å². The van der Waals surface area contributed by atoms with Gasteiger partial charge < -0.3 is 22.1 Å². The summed E-state index contributed by atoms with van der Waals surface area (Å²) in [6, 6.07) is 5.82. The summed E-state index contributed by atoms with van der Waals surface area (Å²) in [5.74, 6) is -3.00. The molecule has 169 valence electrons. The van der Waals surface area contributed by atoms with Crippen molar-refractivity contribution in [2.75, 3.05) is 6.54 Å². The van der Waals surface area contributed by atoms with Crippen molar-refractivity contribution >= 4 is 29.9 Å². The van der Waals surface area contributed by atoms with E-state index in [-0.39, 0.29) is 18.9 Å². The van der Waals surface area contributed by atoms with E-state index < -0.39 is 41.4 Å². The monoisotopic (exact) mass is 432 g/mol. The van der Waals surface area contributed by atoms with Crippen LogP contribution in [0.25, 0.3) is 0 Å². The van der Waals surface area contributed by atoms with Crippen LogP contribution in [0.2, 0.25) is 0 Å². The molecule has 10 nitrogen and oxygen atoms in total. The highest BCUT2D eigenvalue weighted by Crippen LogP contribution is 2.15. The van der Waals surface area contributed by atoms with Gasteiger partial charge in [-0.1, -0.05) is 32.0 Å². The Bertz CT molecular complexity index is 810. The topological polar surface area (TPSA) is 165 Å². The number of nitrogens with one attached hydrogen (secondary N) is 2. The average Bonchev–Trinajstić information content (AvgIpc) is 2.73. The predicted octanol–water partition coefficient (Wildman–Crippen LogP) is -0.566. The van der Waals surface area contributed by atoms with Gasteiger partial charge in [0.05, 0.1) is 6.54 Å². The smallest absolute Gasteiger partial charge is 0.253 e. The molecule has 4 amide bonds. The lowest BCUT2D eigenvalue weighted by atomic mass is 10.00. The Labute approximate surface area is 181 Å². The van der Waals surface area contributed by atoms with Crippen LogP contribution in [-0.4, -0.2) is 59.1 Å². The molecule has 0 aliphatic heterocycles. The lowest BCUT2D eigenvalue weighted by Gasteiger charge is -2.36. The highest BCUT2D eigenvalue weighted by Gasteiger charge is 2.43. The zero-order chi connectivity index (χ0) is 23.8. The van der Waals surface area contributed by atoms with E-state index in [4.69, 9.17) is 11.5 Å². The van der Waals surface area contributed by atoms with Gasteiger partial charge in [-0.25, -0.2) is 0 Å². The summed E-state index contributed by atoms with van der Waals surface area (Å²) >= 11 is 0. The number of rotatable bonds is 10. The molecule has 1 rings (SSSR count). The fourth-order valence-electron chi connectivity index (χ4n) is 2.84. The van der Waals surface area contributed by atoms with Gasteiger partial charge in [0.1, 0.15) is 12.1 Å². The highest BCUT2D eigenvalue weighted by atomic mass is 16.2. The largest absolute Gasteiger partial charge is 0.343 e. The SMILES string of the molecule is CC(C)C[C@H](NC(=O)CN)C(=O)N(C(=O)[C@H](C)NC(=O)c1ccccc1)[C@](C)(N)[C]=O. The van der Waals surface area contributed by atoms with Gasteiger partial charge in [0.15, 0.2) is 5.66 Å². The molecule has 0 spiro atoms. The first-order chi connectivity index (χ1) is 14.4. The summed E-state index contributed by atoms with van der Waals surface area (Å²) in [5.41, 5.74) is 9.39. The zero-order valence-corrected chi connectivity index (χ0v) is 18.2. The van der Waals surface area contributed by atoms with Gasteiger partial charge in [-0.15, -0.1) is 0 Å². The van der Waals surface area contributed by atoms with E-state index >= 15 is 0 Å². The van der Waals surface area contributed by atoms with Crippen molar-refractivity contribution in [2.45, 2.75) is 51.9 Å². The summed E-state index contributed by atoms with van der Waals surface area (Å²) in [5, 5.41) is 4.94. The maximum Gasteiger partial charge on any atom is 0.253 e. The minimum absolute atomic E-state index is 0.0385. The Morgan fingerprint density at radius 3 is 2.13 bits per heavy atom. The van der Waals surface area contributed by atoms with E-state index in [9.17, 15) is 24.0 Å². The van der Waals surface area contributed by atoms with Crippen LogP contribution in [0, 0.1) is 5.92 Å². The molecule has 1 aromatic rings. The standard InChI is InChI=1S/C21H30N5O5/c1-13(2)10-16(25-17(28)11-22)20(31)26(21(4,23)12-27)19(30)14(3)24-18(29)15-8-6-5-7-9-15/h5-9,13-14,16H,10-11,22-23H2,1-4H3,(H,24,29)(H,25,28)/t14-,16-,21-/m0/s1. The summed E-state index contributed by atoms with van der Waals surface area (Å²) in [6.07, 6.45) is 1.66. The Morgan fingerprint density at radius 1 is 1.06 bits per heavy atom. The van der Waals surface area contributed by atoms with Crippen molar-refractivity contribution in [3.63, 3.8) is 0 Å². The lowest BCUT2D eigenvalue weighted by Crippen LogP contribution is -2.67. The Balaban J connectivity index is 3.19. The predicted molar refractivity (Wildman–Crippen MR) is 114 cm³/mol. The van der Waals surface area contributed by atoms with Crippen molar-refractivity contribution in [3.05, 3.63) is 35.9 Å². The fraction of sp³-hybridized carbons (Fsp3) is 0.476. The molecule has 1 aromatic carbocycles. The first-order valence-electron chi connectivity index (χ1n) is 9.86. The summed E-state index contributed by atoms with van der Waals surface area (Å²) in [4.78, 5) is 62.5. The third-order valence-corrected chi connectivity index (χ3v) is 4.39. The van der Waals surface area contributed by atoms with E-state index in [2.05, 4.69) is 10.6 Å². The summed E-state index contributed by atoms with van der Waals surface area (Å²) < 4.78 is 0. The van der Waals surface area contributed by atoms with Crippen LogP contribution in [0.1, 0.15) is 44.5 Å². The molecule has 0 unspecified atom stereocenters. The van der Waals surface area contributed by atoms with Crippen molar-refractivity contribution < 1.29 is 24.0 Å². The molecule has 3 atom stereocenters. The van der Waals surface area contributed by atoms with Crippen molar-refractivity contribution in [3.8, 4) is 0 Å². The van der Waals surface area contributed by atoms with Gasteiger partial charge >= 0.3 is 0 Å². The molecule has 0 aliphatic carbocycles. The second-order valence-electron chi connectivity index (χ2n) is 7.78. The first kappa shape index (κ1) is 25.9. The Hall–Kier alpha value is -3.11. The minimum Gasteiger partial charge on any atom is -0.343 e. The third kappa shape index (κ3) is 7.26. The van der Waals surface area contributed by atoms with E-state index in [1.165, 1.54) is 13.2 Å². The number of carbonyl (C=O) groups excluding carboxylic acids is 5. The number of carbonyl (C=O) groups is 4. The maximum absolute atomic E-state index is 13.2. The Kier molecular flexibility index (Phi) is 9.47. The van der Waals surface area contributed by atoms with Crippen LogP contribution in [0.5, 0.6) is 0 Å². The molecule has 0 saturated heterocycles. The van der Waals surface area contributed by atoms with Crippen LogP contribution in [0.15, 0.2) is 30.3 Å². The normalized spacial score (nSPS) is 14.7. The van der Waals surface area contributed by atoms with Crippen LogP contribution in [0.4, 0.5) is 0 Å². The Morgan fingerprint density at radius 2 is 1.65 bits per heavy atom. The number of nitrogens with zero attached hydrogens (tertiary/aromatic N) is 1. The van der Waals surface area contributed by atoms with E-state index in [0.717, 1.165) is 6.92 Å². The highest BCUT2D eigenvalue weighted by molar-refractivity contribution is 6.06. The maximum atomic E-state index is 13.2. The average molecular weight is 433 g/mol. The van der Waals surface area contributed by atoms with Crippen molar-refractivity contribution in [1.29, 1.82) is 0 Å². The lowest BCUT2D eigenvalue weighted by molar-refractivity contribution is -0.152. The molecule has 1 radical (unpaired) electrons. The van der Waals surface area contributed by atoms with Crippen LogP contribution in [0.3, 0.4) is 0 Å².